The predicted molar refractivity (Wildman–Crippen MR) is 349 cm³/mol. The van der Waals surface area contributed by atoms with Gasteiger partial charge in [0, 0.05) is 25.7 Å². The second-order valence-corrected chi connectivity index (χ2v) is 28.4. The van der Waals surface area contributed by atoms with Crippen molar-refractivity contribution in [3.63, 3.8) is 0 Å². The third-order valence-corrected chi connectivity index (χ3v) is 17.6. The molecule has 87 heavy (non-hydrogen) atoms. The Bertz CT molecular complexity index is 1700. The second kappa shape index (κ2) is 60.3. The van der Waals surface area contributed by atoms with Crippen LogP contribution in [0.15, 0.2) is 0 Å². The summed E-state index contributed by atoms with van der Waals surface area (Å²) in [5.41, 5.74) is 0. The number of phosphoric ester groups is 2. The number of ether oxygens (including phenoxy) is 4. The SMILES string of the molecule is CCCCCCCCCCCCCCCCCCC(=O)OC[C@H](COP(=O)(O)OC[C@@H](O)COP(=O)(O)OC[C@@H](COC(=O)CCCCCCC)OC(=O)CCCCCCCCC(C)C)OC(=O)CCCCCCCCCCCCCCCCC(C)C. The number of aliphatic hydroxyl groups excluding tert-OH is 1. The van der Waals surface area contributed by atoms with Gasteiger partial charge in [0.25, 0.3) is 0 Å². The summed E-state index contributed by atoms with van der Waals surface area (Å²) in [6, 6.07) is 0. The third kappa shape index (κ3) is 62.6. The van der Waals surface area contributed by atoms with E-state index in [2.05, 4.69) is 41.5 Å². The van der Waals surface area contributed by atoms with Crippen molar-refractivity contribution in [1.82, 2.24) is 0 Å². The lowest BCUT2D eigenvalue weighted by Gasteiger charge is -2.21. The molecule has 5 atom stereocenters. The topological polar surface area (TPSA) is 237 Å². The Morgan fingerprint density at radius 2 is 0.529 bits per heavy atom. The van der Waals surface area contributed by atoms with Crippen LogP contribution in [0.1, 0.15) is 343 Å². The maximum absolute atomic E-state index is 13.0. The minimum atomic E-state index is -4.95. The van der Waals surface area contributed by atoms with Crippen LogP contribution in [-0.2, 0) is 65.4 Å². The number of esters is 4. The highest BCUT2D eigenvalue weighted by Gasteiger charge is 2.30. The summed E-state index contributed by atoms with van der Waals surface area (Å²) in [5.74, 6) is -0.677. The number of hydrogen-bond donors (Lipinski definition) is 3. The first kappa shape index (κ1) is 85.1. The van der Waals surface area contributed by atoms with Gasteiger partial charge in [0.15, 0.2) is 12.2 Å². The Balaban J connectivity index is 5.15. The summed E-state index contributed by atoms with van der Waals surface area (Å²) < 4.78 is 67.9. The normalized spacial score (nSPS) is 14.2. The van der Waals surface area contributed by atoms with Gasteiger partial charge in [0.05, 0.1) is 26.4 Å². The molecule has 0 aliphatic heterocycles. The minimum absolute atomic E-state index is 0.101. The van der Waals surface area contributed by atoms with Crippen LogP contribution in [-0.4, -0.2) is 96.7 Å². The van der Waals surface area contributed by atoms with Gasteiger partial charge in [-0.1, -0.05) is 292 Å². The number of hydrogen-bond acceptors (Lipinski definition) is 15. The van der Waals surface area contributed by atoms with Crippen LogP contribution < -0.4 is 0 Å². The summed E-state index contributed by atoms with van der Waals surface area (Å²) in [7, 11) is -9.88. The van der Waals surface area contributed by atoms with Crippen molar-refractivity contribution >= 4 is 39.5 Å². The van der Waals surface area contributed by atoms with E-state index < -0.39 is 97.5 Å². The molecule has 0 aliphatic carbocycles. The Morgan fingerprint density at radius 1 is 0.310 bits per heavy atom. The second-order valence-electron chi connectivity index (χ2n) is 25.5. The van der Waals surface area contributed by atoms with Crippen molar-refractivity contribution in [2.45, 2.75) is 362 Å². The number of carbonyl (C=O) groups is 4. The zero-order valence-corrected chi connectivity index (χ0v) is 58.1. The van der Waals surface area contributed by atoms with Crippen molar-refractivity contribution < 1.29 is 80.2 Å². The largest absolute Gasteiger partial charge is 0.472 e. The van der Waals surface area contributed by atoms with Crippen LogP contribution >= 0.6 is 15.6 Å². The van der Waals surface area contributed by atoms with Crippen molar-refractivity contribution in [2.24, 2.45) is 11.8 Å². The van der Waals surface area contributed by atoms with Crippen LogP contribution in [0.4, 0.5) is 0 Å². The Morgan fingerprint density at radius 3 is 0.782 bits per heavy atom. The predicted octanol–water partition coefficient (Wildman–Crippen LogP) is 19.2. The fraction of sp³-hybridized carbons (Fsp3) is 0.941. The average molecular weight is 1280 g/mol. The lowest BCUT2D eigenvalue weighted by Crippen LogP contribution is -2.30. The summed E-state index contributed by atoms with van der Waals surface area (Å²) in [6.45, 7) is 9.37. The summed E-state index contributed by atoms with van der Waals surface area (Å²) >= 11 is 0. The first-order valence-electron chi connectivity index (χ1n) is 35.5. The van der Waals surface area contributed by atoms with Gasteiger partial charge in [-0.05, 0) is 37.5 Å². The number of phosphoric acid groups is 2. The number of carbonyl (C=O) groups excluding carboxylic acids is 4. The molecule has 0 aliphatic rings. The summed E-state index contributed by atoms with van der Waals surface area (Å²) in [4.78, 5) is 72.1. The minimum Gasteiger partial charge on any atom is -0.462 e. The van der Waals surface area contributed by atoms with Crippen LogP contribution in [0, 0.1) is 11.8 Å². The molecule has 0 radical (unpaired) electrons. The molecule has 516 valence electrons. The maximum atomic E-state index is 13.0. The van der Waals surface area contributed by atoms with E-state index in [1.807, 2.05) is 0 Å². The average Bonchev–Trinajstić information content (AvgIpc) is 3.70. The molecule has 17 nitrogen and oxygen atoms in total. The molecule has 0 bridgehead atoms. The smallest absolute Gasteiger partial charge is 0.462 e. The molecule has 0 aromatic heterocycles. The molecule has 0 aromatic carbocycles. The molecule has 0 heterocycles. The monoisotopic (exact) mass is 1280 g/mol. The summed E-state index contributed by atoms with van der Waals surface area (Å²) in [5, 5.41) is 10.5. The van der Waals surface area contributed by atoms with Gasteiger partial charge in [-0.25, -0.2) is 9.13 Å². The van der Waals surface area contributed by atoms with Crippen molar-refractivity contribution in [3.05, 3.63) is 0 Å². The number of aliphatic hydroxyl groups is 1. The molecule has 0 aromatic rings. The third-order valence-electron chi connectivity index (χ3n) is 15.7. The van der Waals surface area contributed by atoms with Gasteiger partial charge < -0.3 is 33.8 Å². The van der Waals surface area contributed by atoms with E-state index in [1.54, 1.807) is 0 Å². The fourth-order valence-corrected chi connectivity index (χ4v) is 11.8. The zero-order chi connectivity index (χ0) is 64.3. The molecule has 0 rings (SSSR count). The number of unbranched alkanes of at least 4 members (excludes halogenated alkanes) is 37. The fourth-order valence-electron chi connectivity index (χ4n) is 10.2. The van der Waals surface area contributed by atoms with E-state index in [0.29, 0.717) is 31.6 Å². The lowest BCUT2D eigenvalue weighted by atomic mass is 10.0. The molecule has 0 saturated carbocycles. The first-order chi connectivity index (χ1) is 41.9. The molecular weight excluding hydrogens is 1150 g/mol. The zero-order valence-electron chi connectivity index (χ0n) is 56.3. The highest BCUT2D eigenvalue weighted by molar-refractivity contribution is 7.47. The molecule has 3 N–H and O–H groups in total. The van der Waals surface area contributed by atoms with E-state index >= 15 is 0 Å². The standard InChI is InChI=1S/C68H132O17P2/c1-7-9-11-13-14-15-16-17-18-19-23-26-29-32-39-45-51-66(71)79-57-64(84-67(72)52-46-40-33-30-27-24-21-20-22-25-28-31-37-42-48-60(3)4)59-83-87(76,77)81-55-62(69)54-80-86(74,75)82-58-63(56-78-65(70)50-44-36-12-10-8-2)85-68(73)53-47-41-35-34-38-43-49-61(5)6/h60-64,69H,7-59H2,1-6H3,(H,74,75)(H,76,77)/t62-,63+,64+/m0/s1. The van der Waals surface area contributed by atoms with Crippen molar-refractivity contribution in [3.8, 4) is 0 Å². The van der Waals surface area contributed by atoms with Crippen molar-refractivity contribution in [1.29, 1.82) is 0 Å². The quantitative estimate of drug-likeness (QED) is 0.0222. The van der Waals surface area contributed by atoms with E-state index in [4.69, 9.17) is 37.0 Å². The lowest BCUT2D eigenvalue weighted by molar-refractivity contribution is -0.161. The molecule has 0 saturated heterocycles. The van der Waals surface area contributed by atoms with Gasteiger partial charge in [-0.2, -0.15) is 0 Å². The van der Waals surface area contributed by atoms with E-state index in [-0.39, 0.29) is 25.7 Å². The Labute approximate surface area is 530 Å². The Kier molecular flexibility index (Phi) is 59.0. The van der Waals surface area contributed by atoms with Crippen molar-refractivity contribution in [2.75, 3.05) is 39.6 Å². The van der Waals surface area contributed by atoms with Gasteiger partial charge >= 0.3 is 39.5 Å². The van der Waals surface area contributed by atoms with E-state index in [0.717, 1.165) is 102 Å². The van der Waals surface area contributed by atoms with Gasteiger partial charge in [0.1, 0.15) is 19.3 Å². The maximum Gasteiger partial charge on any atom is 0.472 e. The highest BCUT2D eigenvalue weighted by atomic mass is 31.2. The molecular formula is C68H132O17P2. The van der Waals surface area contributed by atoms with Gasteiger partial charge in [0.2, 0.25) is 0 Å². The molecule has 0 spiro atoms. The molecule has 0 amide bonds. The summed E-state index contributed by atoms with van der Waals surface area (Å²) in [6.07, 6.45) is 45.0. The first-order valence-corrected chi connectivity index (χ1v) is 38.5. The van der Waals surface area contributed by atoms with Gasteiger partial charge in [-0.15, -0.1) is 0 Å². The molecule has 0 fully saturated rings. The molecule has 19 heteroatoms. The van der Waals surface area contributed by atoms with Crippen LogP contribution in [0.25, 0.3) is 0 Å². The highest BCUT2D eigenvalue weighted by Crippen LogP contribution is 2.45. The van der Waals surface area contributed by atoms with E-state index in [1.165, 1.54) is 154 Å². The number of rotatable bonds is 67. The van der Waals surface area contributed by atoms with Crippen LogP contribution in [0.3, 0.4) is 0 Å². The van der Waals surface area contributed by atoms with Gasteiger partial charge in [-0.3, -0.25) is 37.3 Å². The van der Waals surface area contributed by atoms with Crippen LogP contribution in [0.2, 0.25) is 0 Å². The molecule has 2 unspecified atom stereocenters. The van der Waals surface area contributed by atoms with E-state index in [9.17, 15) is 43.2 Å². The Hall–Kier alpha value is -1.94. The van der Waals surface area contributed by atoms with Crippen LogP contribution in [0.5, 0.6) is 0 Å².